The Bertz CT molecular complexity index is 367. The zero-order valence-corrected chi connectivity index (χ0v) is 12.0. The third-order valence-electron chi connectivity index (χ3n) is 3.26. The van der Waals surface area contributed by atoms with Crippen LogP contribution in [0.4, 0.5) is 0 Å². The topological polar surface area (TPSA) is 41.5 Å². The van der Waals surface area contributed by atoms with Crippen LogP contribution in [0.3, 0.4) is 0 Å². The van der Waals surface area contributed by atoms with Crippen LogP contribution in [0.25, 0.3) is 0 Å². The van der Waals surface area contributed by atoms with E-state index in [9.17, 15) is 5.11 Å². The normalized spacial score (nSPS) is 21.8. The molecule has 1 aliphatic rings. The SMILES string of the molecule is OC(CNCC1CCCOC1)c1cccc(Br)c1. The summed E-state index contributed by atoms with van der Waals surface area (Å²) in [6.07, 6.45) is 1.92. The van der Waals surface area contributed by atoms with Gasteiger partial charge >= 0.3 is 0 Å². The molecule has 4 heteroatoms. The van der Waals surface area contributed by atoms with Gasteiger partial charge in [0, 0.05) is 24.2 Å². The highest BCUT2D eigenvalue weighted by atomic mass is 79.9. The third-order valence-corrected chi connectivity index (χ3v) is 3.75. The molecule has 100 valence electrons. The number of aliphatic hydroxyl groups excluding tert-OH is 1. The van der Waals surface area contributed by atoms with E-state index in [1.165, 1.54) is 6.42 Å². The van der Waals surface area contributed by atoms with Gasteiger partial charge in [0.25, 0.3) is 0 Å². The average molecular weight is 314 g/mol. The number of rotatable bonds is 5. The van der Waals surface area contributed by atoms with Gasteiger partial charge in [0.2, 0.25) is 0 Å². The maximum Gasteiger partial charge on any atom is 0.0914 e. The van der Waals surface area contributed by atoms with Crippen molar-refractivity contribution in [1.82, 2.24) is 5.32 Å². The van der Waals surface area contributed by atoms with Crippen LogP contribution in [0, 0.1) is 5.92 Å². The minimum Gasteiger partial charge on any atom is -0.387 e. The molecule has 0 aliphatic carbocycles. The molecule has 0 saturated carbocycles. The van der Waals surface area contributed by atoms with Gasteiger partial charge in [-0.3, -0.25) is 0 Å². The standard InChI is InChI=1S/C14H20BrNO2/c15-13-5-1-4-12(7-13)14(17)9-16-8-11-3-2-6-18-10-11/h1,4-5,7,11,14,16-17H,2-3,6,8-10H2. The first-order chi connectivity index (χ1) is 8.75. The molecule has 3 nitrogen and oxygen atoms in total. The summed E-state index contributed by atoms with van der Waals surface area (Å²) in [5.74, 6) is 0.591. The van der Waals surface area contributed by atoms with Gasteiger partial charge in [0.15, 0.2) is 0 Å². The molecule has 2 unspecified atom stereocenters. The minimum atomic E-state index is -0.452. The van der Waals surface area contributed by atoms with Crippen molar-refractivity contribution in [2.24, 2.45) is 5.92 Å². The monoisotopic (exact) mass is 313 g/mol. The average Bonchev–Trinajstić information content (AvgIpc) is 2.40. The first-order valence-electron chi connectivity index (χ1n) is 6.47. The molecule has 1 saturated heterocycles. The molecular weight excluding hydrogens is 294 g/mol. The van der Waals surface area contributed by atoms with Gasteiger partial charge in [-0.1, -0.05) is 28.1 Å². The Kier molecular flexibility index (Phi) is 5.63. The molecule has 2 rings (SSSR count). The van der Waals surface area contributed by atoms with Gasteiger partial charge in [-0.25, -0.2) is 0 Å². The second kappa shape index (κ2) is 7.24. The van der Waals surface area contributed by atoms with Crippen LogP contribution in [0.15, 0.2) is 28.7 Å². The van der Waals surface area contributed by atoms with E-state index in [-0.39, 0.29) is 0 Å². The Labute approximate surface area is 117 Å². The van der Waals surface area contributed by atoms with E-state index in [0.29, 0.717) is 12.5 Å². The lowest BCUT2D eigenvalue weighted by atomic mass is 10.0. The molecule has 0 radical (unpaired) electrons. The Morgan fingerprint density at radius 2 is 2.39 bits per heavy atom. The predicted octanol–water partition coefficient (Wildman–Crippen LogP) is 2.50. The number of nitrogens with one attached hydrogen (secondary N) is 1. The van der Waals surface area contributed by atoms with Gasteiger partial charge < -0.3 is 15.2 Å². The van der Waals surface area contributed by atoms with Crippen molar-refractivity contribution in [3.63, 3.8) is 0 Å². The largest absolute Gasteiger partial charge is 0.387 e. The second-order valence-electron chi connectivity index (χ2n) is 4.81. The van der Waals surface area contributed by atoms with Gasteiger partial charge in [0.1, 0.15) is 0 Å². The molecule has 1 aromatic carbocycles. The molecule has 2 atom stereocenters. The van der Waals surface area contributed by atoms with Crippen molar-refractivity contribution in [3.05, 3.63) is 34.3 Å². The van der Waals surface area contributed by atoms with Crippen LogP contribution < -0.4 is 5.32 Å². The summed E-state index contributed by atoms with van der Waals surface area (Å²) >= 11 is 3.41. The molecule has 0 spiro atoms. The second-order valence-corrected chi connectivity index (χ2v) is 5.73. The number of hydrogen-bond donors (Lipinski definition) is 2. The van der Waals surface area contributed by atoms with E-state index < -0.39 is 6.10 Å². The van der Waals surface area contributed by atoms with Crippen molar-refractivity contribution in [2.75, 3.05) is 26.3 Å². The van der Waals surface area contributed by atoms with Crippen LogP contribution >= 0.6 is 15.9 Å². The van der Waals surface area contributed by atoms with Gasteiger partial charge in [-0.05, 0) is 36.5 Å². The summed E-state index contributed by atoms with van der Waals surface area (Å²) in [7, 11) is 0. The fourth-order valence-corrected chi connectivity index (χ4v) is 2.64. The Morgan fingerprint density at radius 3 is 3.11 bits per heavy atom. The molecular formula is C14H20BrNO2. The predicted molar refractivity (Wildman–Crippen MR) is 75.5 cm³/mol. The zero-order valence-electron chi connectivity index (χ0n) is 10.4. The van der Waals surface area contributed by atoms with Gasteiger partial charge in [0.05, 0.1) is 12.7 Å². The quantitative estimate of drug-likeness (QED) is 0.877. The van der Waals surface area contributed by atoms with E-state index in [4.69, 9.17) is 4.74 Å². The third kappa shape index (κ3) is 4.35. The number of benzene rings is 1. The highest BCUT2D eigenvalue weighted by Gasteiger charge is 2.14. The maximum atomic E-state index is 10.1. The Balaban J connectivity index is 1.72. The molecule has 1 fully saturated rings. The number of halogens is 1. The van der Waals surface area contributed by atoms with E-state index in [2.05, 4.69) is 21.2 Å². The lowest BCUT2D eigenvalue weighted by Crippen LogP contribution is -2.31. The lowest BCUT2D eigenvalue weighted by Gasteiger charge is -2.23. The molecule has 1 heterocycles. The first kappa shape index (κ1) is 14.0. The van der Waals surface area contributed by atoms with Crippen molar-refractivity contribution in [1.29, 1.82) is 0 Å². The number of ether oxygens (including phenoxy) is 1. The fraction of sp³-hybridized carbons (Fsp3) is 0.571. The highest BCUT2D eigenvalue weighted by molar-refractivity contribution is 9.10. The van der Waals surface area contributed by atoms with Crippen LogP contribution in [0.1, 0.15) is 24.5 Å². The van der Waals surface area contributed by atoms with Crippen LogP contribution in [-0.2, 0) is 4.74 Å². The maximum absolute atomic E-state index is 10.1. The highest BCUT2D eigenvalue weighted by Crippen LogP contribution is 2.18. The van der Waals surface area contributed by atoms with Gasteiger partial charge in [-0.2, -0.15) is 0 Å². The fourth-order valence-electron chi connectivity index (χ4n) is 2.22. The summed E-state index contributed by atoms with van der Waals surface area (Å²) in [6, 6.07) is 7.80. The van der Waals surface area contributed by atoms with Crippen molar-refractivity contribution < 1.29 is 9.84 Å². The molecule has 18 heavy (non-hydrogen) atoms. The minimum absolute atomic E-state index is 0.452. The van der Waals surface area contributed by atoms with Crippen LogP contribution in [0.5, 0.6) is 0 Å². The van der Waals surface area contributed by atoms with Crippen LogP contribution in [-0.4, -0.2) is 31.4 Å². The molecule has 1 aliphatic heterocycles. The first-order valence-corrected chi connectivity index (χ1v) is 7.27. The Hall–Kier alpha value is -0.420. The summed E-state index contributed by atoms with van der Waals surface area (Å²) < 4.78 is 6.43. The van der Waals surface area contributed by atoms with E-state index >= 15 is 0 Å². The summed E-state index contributed by atoms with van der Waals surface area (Å²) in [4.78, 5) is 0. The number of hydrogen-bond acceptors (Lipinski definition) is 3. The van der Waals surface area contributed by atoms with Crippen molar-refractivity contribution in [3.8, 4) is 0 Å². The molecule has 0 amide bonds. The van der Waals surface area contributed by atoms with Gasteiger partial charge in [-0.15, -0.1) is 0 Å². The lowest BCUT2D eigenvalue weighted by molar-refractivity contribution is 0.0532. The number of aliphatic hydroxyl groups is 1. The zero-order chi connectivity index (χ0) is 12.8. The molecule has 0 aromatic heterocycles. The summed E-state index contributed by atoms with van der Waals surface area (Å²) in [5, 5.41) is 13.4. The van der Waals surface area contributed by atoms with Crippen molar-refractivity contribution >= 4 is 15.9 Å². The molecule has 0 bridgehead atoms. The van der Waals surface area contributed by atoms with E-state index in [0.717, 1.165) is 36.2 Å². The van der Waals surface area contributed by atoms with Crippen LogP contribution in [0.2, 0.25) is 0 Å². The molecule has 1 aromatic rings. The molecule has 2 N–H and O–H groups in total. The van der Waals surface area contributed by atoms with E-state index in [1.807, 2.05) is 24.3 Å². The summed E-state index contributed by atoms with van der Waals surface area (Å²) in [6.45, 7) is 3.26. The smallest absolute Gasteiger partial charge is 0.0914 e. The Morgan fingerprint density at radius 1 is 1.50 bits per heavy atom. The summed E-state index contributed by atoms with van der Waals surface area (Å²) in [5.41, 5.74) is 0.941. The van der Waals surface area contributed by atoms with Crippen molar-refractivity contribution in [2.45, 2.75) is 18.9 Å². The van der Waals surface area contributed by atoms with E-state index in [1.54, 1.807) is 0 Å².